The number of anilines is 1. The molecule has 0 atom stereocenters. The van der Waals surface area contributed by atoms with Crippen LogP contribution in [0, 0.1) is 6.92 Å². The number of carbonyl (C=O) groups is 1. The highest BCUT2D eigenvalue weighted by Crippen LogP contribution is 2.26. The van der Waals surface area contributed by atoms with Crippen LogP contribution in [0.2, 0.25) is 5.02 Å². The number of aromatic nitrogens is 2. The van der Waals surface area contributed by atoms with Crippen LogP contribution in [-0.4, -0.2) is 53.8 Å². The van der Waals surface area contributed by atoms with E-state index in [9.17, 15) is 4.79 Å². The predicted octanol–water partition coefficient (Wildman–Crippen LogP) is 3.83. The fourth-order valence-electron chi connectivity index (χ4n) is 3.43. The van der Waals surface area contributed by atoms with Crippen LogP contribution in [0.3, 0.4) is 0 Å². The zero-order chi connectivity index (χ0) is 20.9. The zero-order valence-electron chi connectivity index (χ0n) is 16.8. The van der Waals surface area contributed by atoms with Crippen molar-refractivity contribution in [2.45, 2.75) is 6.92 Å². The standard InChI is InChI=1S/C23H23ClN4O2/c1-17-5-4-6-18(15-17)30-16-23(29)28-13-11-27(12-14-28)22-10-9-21(25-26-22)19-7-2-3-8-20(19)24/h2-10,15H,11-14,16H2,1H3. The van der Waals surface area contributed by atoms with E-state index in [2.05, 4.69) is 15.1 Å². The van der Waals surface area contributed by atoms with Crippen molar-refractivity contribution < 1.29 is 9.53 Å². The number of benzene rings is 2. The second-order valence-corrected chi connectivity index (χ2v) is 7.64. The first-order valence-electron chi connectivity index (χ1n) is 9.91. The lowest BCUT2D eigenvalue weighted by Crippen LogP contribution is -2.50. The minimum Gasteiger partial charge on any atom is -0.484 e. The van der Waals surface area contributed by atoms with Gasteiger partial charge in [-0.1, -0.05) is 41.9 Å². The quantitative estimate of drug-likeness (QED) is 0.625. The Morgan fingerprint density at radius 3 is 2.50 bits per heavy atom. The molecule has 154 valence electrons. The van der Waals surface area contributed by atoms with Gasteiger partial charge in [0.1, 0.15) is 5.75 Å². The van der Waals surface area contributed by atoms with Gasteiger partial charge in [0.2, 0.25) is 0 Å². The third-order valence-electron chi connectivity index (χ3n) is 5.11. The number of carbonyl (C=O) groups excluding carboxylic acids is 1. The minimum absolute atomic E-state index is 0.00342. The Balaban J connectivity index is 1.31. The maximum Gasteiger partial charge on any atom is 0.260 e. The van der Waals surface area contributed by atoms with Gasteiger partial charge in [-0.3, -0.25) is 4.79 Å². The summed E-state index contributed by atoms with van der Waals surface area (Å²) in [6.07, 6.45) is 0. The molecule has 1 aliphatic heterocycles. The van der Waals surface area contributed by atoms with Gasteiger partial charge in [0.25, 0.3) is 5.91 Å². The topological polar surface area (TPSA) is 58.6 Å². The molecule has 1 aromatic heterocycles. The number of hydrogen-bond acceptors (Lipinski definition) is 5. The number of halogens is 1. The van der Waals surface area contributed by atoms with E-state index in [4.69, 9.17) is 16.3 Å². The van der Waals surface area contributed by atoms with Crippen molar-refractivity contribution in [3.8, 4) is 17.0 Å². The van der Waals surface area contributed by atoms with Crippen LogP contribution in [0.1, 0.15) is 5.56 Å². The van der Waals surface area contributed by atoms with Crippen molar-refractivity contribution in [2.24, 2.45) is 0 Å². The molecule has 0 bridgehead atoms. The summed E-state index contributed by atoms with van der Waals surface area (Å²) in [6.45, 7) is 4.72. The van der Waals surface area contributed by atoms with Crippen LogP contribution in [-0.2, 0) is 4.79 Å². The number of ether oxygens (including phenoxy) is 1. The Morgan fingerprint density at radius 1 is 1.00 bits per heavy atom. The average molecular weight is 423 g/mol. The van der Waals surface area contributed by atoms with E-state index in [1.54, 1.807) is 0 Å². The average Bonchev–Trinajstić information content (AvgIpc) is 2.78. The van der Waals surface area contributed by atoms with Crippen molar-refractivity contribution in [3.05, 3.63) is 71.2 Å². The molecule has 1 fully saturated rings. The largest absolute Gasteiger partial charge is 0.484 e. The smallest absolute Gasteiger partial charge is 0.260 e. The second-order valence-electron chi connectivity index (χ2n) is 7.23. The lowest BCUT2D eigenvalue weighted by molar-refractivity contribution is -0.133. The SMILES string of the molecule is Cc1cccc(OCC(=O)N2CCN(c3ccc(-c4ccccc4Cl)nn3)CC2)c1. The fourth-order valence-corrected chi connectivity index (χ4v) is 3.67. The first-order valence-corrected chi connectivity index (χ1v) is 10.3. The number of nitrogens with zero attached hydrogens (tertiary/aromatic N) is 4. The summed E-state index contributed by atoms with van der Waals surface area (Å²) in [5.74, 6) is 1.51. The first kappa shape index (κ1) is 20.2. The maximum absolute atomic E-state index is 12.5. The molecule has 6 nitrogen and oxygen atoms in total. The van der Waals surface area contributed by atoms with Crippen molar-refractivity contribution in [3.63, 3.8) is 0 Å². The second kappa shape index (κ2) is 9.13. The van der Waals surface area contributed by atoms with E-state index in [0.717, 1.165) is 28.4 Å². The molecule has 0 N–H and O–H groups in total. The van der Waals surface area contributed by atoms with Gasteiger partial charge < -0.3 is 14.5 Å². The normalized spacial score (nSPS) is 13.9. The lowest BCUT2D eigenvalue weighted by Gasteiger charge is -2.35. The molecule has 30 heavy (non-hydrogen) atoms. The van der Waals surface area contributed by atoms with Gasteiger partial charge in [0, 0.05) is 31.7 Å². The van der Waals surface area contributed by atoms with Gasteiger partial charge in [-0.25, -0.2) is 0 Å². The van der Waals surface area contributed by atoms with Crippen LogP contribution in [0.4, 0.5) is 5.82 Å². The van der Waals surface area contributed by atoms with Crippen molar-refractivity contribution in [1.82, 2.24) is 15.1 Å². The summed E-state index contributed by atoms with van der Waals surface area (Å²) in [5.41, 5.74) is 2.71. The molecular formula is C23H23ClN4O2. The van der Waals surface area contributed by atoms with E-state index >= 15 is 0 Å². The number of hydrogen-bond donors (Lipinski definition) is 0. The van der Waals surface area contributed by atoms with Crippen molar-refractivity contribution in [2.75, 3.05) is 37.7 Å². The molecule has 0 saturated carbocycles. The predicted molar refractivity (Wildman–Crippen MR) is 118 cm³/mol. The molecular weight excluding hydrogens is 400 g/mol. The van der Waals surface area contributed by atoms with Crippen LogP contribution in [0.15, 0.2) is 60.7 Å². The third kappa shape index (κ3) is 4.71. The number of amides is 1. The molecule has 0 aliphatic carbocycles. The van der Waals surface area contributed by atoms with Gasteiger partial charge in [0.15, 0.2) is 12.4 Å². The summed E-state index contributed by atoms with van der Waals surface area (Å²) >= 11 is 6.24. The van der Waals surface area contributed by atoms with Crippen LogP contribution < -0.4 is 9.64 Å². The molecule has 1 aliphatic rings. The fraction of sp³-hybridized carbons (Fsp3) is 0.261. The number of aryl methyl sites for hydroxylation is 1. The number of rotatable bonds is 5. The van der Waals surface area contributed by atoms with Gasteiger partial charge in [-0.05, 0) is 42.8 Å². The van der Waals surface area contributed by atoms with Crippen LogP contribution in [0.25, 0.3) is 11.3 Å². The van der Waals surface area contributed by atoms with Gasteiger partial charge in [0.05, 0.1) is 10.7 Å². The Kier molecular flexibility index (Phi) is 6.14. The molecule has 3 aromatic rings. The van der Waals surface area contributed by atoms with E-state index in [1.165, 1.54) is 0 Å². The Labute approximate surface area is 181 Å². The Morgan fingerprint density at radius 2 is 1.80 bits per heavy atom. The summed E-state index contributed by atoms with van der Waals surface area (Å²) in [5, 5.41) is 9.35. The van der Waals surface area contributed by atoms with Gasteiger partial charge >= 0.3 is 0 Å². The maximum atomic E-state index is 12.5. The zero-order valence-corrected chi connectivity index (χ0v) is 17.5. The summed E-state index contributed by atoms with van der Waals surface area (Å²) < 4.78 is 5.64. The minimum atomic E-state index is -0.00342. The highest BCUT2D eigenvalue weighted by atomic mass is 35.5. The lowest BCUT2D eigenvalue weighted by atomic mass is 10.1. The van der Waals surface area contributed by atoms with E-state index in [-0.39, 0.29) is 12.5 Å². The highest BCUT2D eigenvalue weighted by molar-refractivity contribution is 6.33. The van der Waals surface area contributed by atoms with E-state index < -0.39 is 0 Å². The van der Waals surface area contributed by atoms with Crippen LogP contribution >= 0.6 is 11.6 Å². The van der Waals surface area contributed by atoms with Gasteiger partial charge in [-0.2, -0.15) is 0 Å². The van der Waals surface area contributed by atoms with E-state index in [1.807, 2.05) is 72.5 Å². The van der Waals surface area contributed by atoms with E-state index in [0.29, 0.717) is 31.2 Å². The molecule has 4 rings (SSSR count). The Hall–Kier alpha value is -3.12. The molecule has 2 aromatic carbocycles. The molecule has 1 saturated heterocycles. The molecule has 0 spiro atoms. The van der Waals surface area contributed by atoms with Crippen molar-refractivity contribution in [1.29, 1.82) is 0 Å². The van der Waals surface area contributed by atoms with Gasteiger partial charge in [-0.15, -0.1) is 10.2 Å². The monoisotopic (exact) mass is 422 g/mol. The summed E-state index contributed by atoms with van der Waals surface area (Å²) in [7, 11) is 0. The van der Waals surface area contributed by atoms with Crippen molar-refractivity contribution >= 4 is 23.3 Å². The highest BCUT2D eigenvalue weighted by Gasteiger charge is 2.22. The molecule has 0 unspecified atom stereocenters. The molecule has 7 heteroatoms. The summed E-state index contributed by atoms with van der Waals surface area (Å²) in [4.78, 5) is 16.4. The third-order valence-corrected chi connectivity index (χ3v) is 5.44. The number of piperazine rings is 1. The molecule has 2 heterocycles. The first-order chi connectivity index (χ1) is 14.6. The molecule has 1 amide bonds. The Bertz CT molecular complexity index is 1020. The van der Waals surface area contributed by atoms with Crippen LogP contribution in [0.5, 0.6) is 5.75 Å². The summed E-state index contributed by atoms with van der Waals surface area (Å²) in [6, 6.07) is 19.2. The molecule has 0 radical (unpaired) electrons.